The largest absolute Gasteiger partial charge is 0.346 e. The van der Waals surface area contributed by atoms with Crippen LogP contribution in [0.1, 0.15) is 15.9 Å². The Bertz CT molecular complexity index is 613. The smallest absolute Gasteiger partial charge is 0.324 e. The lowest BCUT2D eigenvalue weighted by Gasteiger charge is -2.15. The fourth-order valence-electron chi connectivity index (χ4n) is 1.27. The molecule has 0 fully saturated rings. The van der Waals surface area contributed by atoms with Crippen LogP contribution in [0.15, 0.2) is 9.59 Å². The summed E-state index contributed by atoms with van der Waals surface area (Å²) in [6.45, 7) is -0.292. The molecule has 0 unspecified atom stereocenters. The highest BCUT2D eigenvalue weighted by molar-refractivity contribution is 7.91. The summed E-state index contributed by atoms with van der Waals surface area (Å²) >= 11 is 0.642. The van der Waals surface area contributed by atoms with E-state index >= 15 is 0 Å². The van der Waals surface area contributed by atoms with Crippen molar-refractivity contribution in [3.8, 4) is 0 Å². The summed E-state index contributed by atoms with van der Waals surface area (Å²) in [6, 6.07) is 0. The summed E-state index contributed by atoms with van der Waals surface area (Å²) in [4.78, 5) is 11.6. The minimum Gasteiger partial charge on any atom is -0.346 e. The Kier molecular flexibility index (Phi) is 4.77. The van der Waals surface area contributed by atoms with Gasteiger partial charge < -0.3 is 5.32 Å². The van der Waals surface area contributed by atoms with Crippen molar-refractivity contribution in [2.24, 2.45) is 5.14 Å². The number of thiophene rings is 1. The number of alkyl halides is 4. The maximum Gasteiger partial charge on any atom is 0.324 e. The van der Waals surface area contributed by atoms with Gasteiger partial charge in [-0.2, -0.15) is 8.78 Å². The van der Waals surface area contributed by atoms with Gasteiger partial charge in [-0.3, -0.25) is 4.79 Å². The number of hydrogen-bond donors (Lipinski definition) is 2. The predicted octanol–water partition coefficient (Wildman–Crippen LogP) is 1.33. The van der Waals surface area contributed by atoms with E-state index in [0.717, 1.165) is 5.38 Å². The number of hydrogen-bond acceptors (Lipinski definition) is 4. The van der Waals surface area contributed by atoms with Gasteiger partial charge in [0, 0.05) is 5.38 Å². The van der Waals surface area contributed by atoms with Gasteiger partial charge in [0.2, 0.25) is 10.0 Å². The fourth-order valence-corrected chi connectivity index (χ4v) is 3.29. The zero-order valence-corrected chi connectivity index (χ0v) is 11.6. The van der Waals surface area contributed by atoms with E-state index in [4.69, 9.17) is 5.14 Å². The average molecular weight is 334 g/mol. The monoisotopic (exact) mass is 334 g/mol. The zero-order valence-electron chi connectivity index (χ0n) is 9.99. The highest BCUT2D eigenvalue weighted by Gasteiger charge is 2.41. The van der Waals surface area contributed by atoms with Crippen molar-refractivity contribution in [2.45, 2.75) is 23.5 Å². The molecule has 11 heteroatoms. The van der Waals surface area contributed by atoms with Crippen LogP contribution in [0.25, 0.3) is 0 Å². The van der Waals surface area contributed by atoms with Crippen LogP contribution in [0, 0.1) is 6.92 Å². The maximum absolute atomic E-state index is 12.6. The minimum atomic E-state index is -4.36. The number of nitrogens with two attached hydrogens (primary N) is 1. The molecule has 0 aliphatic carbocycles. The first kappa shape index (κ1) is 16.9. The van der Waals surface area contributed by atoms with Gasteiger partial charge in [-0.1, -0.05) is 0 Å². The molecule has 1 aromatic heterocycles. The standard InChI is InChI=1S/C9H10F4N2O3S2/c1-4-5(2-19-7(4)20(14,17)18)6(16)15-3-9(12,13)8(10)11/h2,8H,3H2,1H3,(H,15,16)(H2,14,17,18). The minimum absolute atomic E-state index is 0.0182. The van der Waals surface area contributed by atoms with E-state index in [1.165, 1.54) is 6.92 Å². The van der Waals surface area contributed by atoms with Crippen molar-refractivity contribution in [1.82, 2.24) is 5.32 Å². The molecule has 3 N–H and O–H groups in total. The summed E-state index contributed by atoms with van der Waals surface area (Å²) in [5.74, 6) is -5.43. The first-order valence-electron chi connectivity index (χ1n) is 5.02. The van der Waals surface area contributed by atoms with Crippen molar-refractivity contribution < 1.29 is 30.8 Å². The van der Waals surface area contributed by atoms with E-state index in [1.54, 1.807) is 5.32 Å². The molecule has 1 heterocycles. The Morgan fingerprint density at radius 1 is 1.50 bits per heavy atom. The molecule has 0 atom stereocenters. The molecule has 5 nitrogen and oxygen atoms in total. The Morgan fingerprint density at radius 2 is 2.05 bits per heavy atom. The van der Waals surface area contributed by atoms with Crippen molar-refractivity contribution in [3.63, 3.8) is 0 Å². The van der Waals surface area contributed by atoms with E-state index in [9.17, 15) is 30.8 Å². The molecule has 0 bridgehead atoms. The van der Waals surface area contributed by atoms with Crippen LogP contribution in [0.2, 0.25) is 0 Å². The third-order valence-corrected chi connectivity index (χ3v) is 4.98. The van der Waals surface area contributed by atoms with Gasteiger partial charge in [-0.25, -0.2) is 22.3 Å². The summed E-state index contributed by atoms with van der Waals surface area (Å²) < 4.78 is 71.1. The maximum atomic E-state index is 12.6. The molecule has 114 valence electrons. The van der Waals surface area contributed by atoms with Gasteiger partial charge in [-0.05, 0) is 12.5 Å². The van der Waals surface area contributed by atoms with Crippen LogP contribution in [0.4, 0.5) is 17.6 Å². The van der Waals surface area contributed by atoms with E-state index in [0.29, 0.717) is 11.3 Å². The number of amides is 1. The molecule has 0 radical (unpaired) electrons. The quantitative estimate of drug-likeness (QED) is 0.796. The number of sulfonamides is 1. The number of halogens is 4. The van der Waals surface area contributed by atoms with Gasteiger partial charge in [-0.15, -0.1) is 11.3 Å². The molecule has 20 heavy (non-hydrogen) atoms. The second-order valence-electron chi connectivity index (χ2n) is 3.85. The lowest BCUT2D eigenvalue weighted by molar-refractivity contribution is -0.123. The molecule has 0 aliphatic heterocycles. The first-order valence-corrected chi connectivity index (χ1v) is 7.44. The van der Waals surface area contributed by atoms with Crippen molar-refractivity contribution in [3.05, 3.63) is 16.5 Å². The van der Waals surface area contributed by atoms with Gasteiger partial charge in [0.15, 0.2) is 0 Å². The van der Waals surface area contributed by atoms with Crippen molar-refractivity contribution >= 4 is 27.3 Å². The predicted molar refractivity (Wildman–Crippen MR) is 63.7 cm³/mol. The highest BCUT2D eigenvalue weighted by Crippen LogP contribution is 2.26. The zero-order chi connectivity index (χ0) is 15.7. The lowest BCUT2D eigenvalue weighted by atomic mass is 10.2. The molecule has 0 aromatic carbocycles. The molecule has 0 saturated carbocycles. The lowest BCUT2D eigenvalue weighted by Crippen LogP contribution is -2.41. The molecular weight excluding hydrogens is 324 g/mol. The van der Waals surface area contributed by atoms with Crippen LogP contribution in [0.5, 0.6) is 0 Å². The summed E-state index contributed by atoms with van der Waals surface area (Å²) in [5.41, 5.74) is -0.223. The molecule has 0 spiro atoms. The number of rotatable bonds is 5. The topological polar surface area (TPSA) is 89.3 Å². The number of nitrogens with one attached hydrogen (secondary N) is 1. The van der Waals surface area contributed by atoms with Gasteiger partial charge >= 0.3 is 12.3 Å². The van der Waals surface area contributed by atoms with Gasteiger partial charge in [0.05, 0.1) is 12.1 Å². The summed E-state index contributed by atoms with van der Waals surface area (Å²) in [7, 11) is -4.03. The highest BCUT2D eigenvalue weighted by atomic mass is 32.2. The number of carbonyl (C=O) groups excluding carboxylic acids is 1. The van der Waals surface area contributed by atoms with Crippen LogP contribution in [-0.2, 0) is 10.0 Å². The fraction of sp³-hybridized carbons (Fsp3) is 0.444. The third kappa shape index (κ3) is 3.67. The molecule has 0 saturated heterocycles. The van der Waals surface area contributed by atoms with E-state index in [1.807, 2.05) is 0 Å². The van der Waals surface area contributed by atoms with Crippen LogP contribution >= 0.6 is 11.3 Å². The van der Waals surface area contributed by atoms with Crippen LogP contribution in [-0.4, -0.2) is 33.2 Å². The van der Waals surface area contributed by atoms with E-state index in [-0.39, 0.29) is 15.3 Å². The Balaban J connectivity index is 2.88. The molecular formula is C9H10F4N2O3S2. The Labute approximate surface area is 115 Å². The van der Waals surface area contributed by atoms with Crippen molar-refractivity contribution in [1.29, 1.82) is 0 Å². The summed E-state index contributed by atoms with van der Waals surface area (Å²) in [5, 5.41) is 7.62. The van der Waals surface area contributed by atoms with E-state index < -0.39 is 34.8 Å². The van der Waals surface area contributed by atoms with E-state index in [2.05, 4.69) is 0 Å². The first-order chi connectivity index (χ1) is 8.97. The average Bonchev–Trinajstić information content (AvgIpc) is 2.67. The SMILES string of the molecule is Cc1c(C(=O)NCC(F)(F)C(F)F)csc1S(N)(=O)=O. The number of primary sulfonamides is 1. The van der Waals surface area contributed by atoms with Gasteiger partial charge in [0.25, 0.3) is 5.91 Å². The molecule has 0 aliphatic rings. The summed E-state index contributed by atoms with van der Waals surface area (Å²) in [6.07, 6.45) is -3.91. The third-order valence-electron chi connectivity index (χ3n) is 2.30. The van der Waals surface area contributed by atoms with Gasteiger partial charge in [0.1, 0.15) is 4.21 Å². The van der Waals surface area contributed by atoms with Crippen LogP contribution < -0.4 is 10.5 Å². The second kappa shape index (κ2) is 5.66. The Hall–Kier alpha value is -1.20. The van der Waals surface area contributed by atoms with Crippen LogP contribution in [0.3, 0.4) is 0 Å². The second-order valence-corrected chi connectivity index (χ2v) is 6.49. The normalized spacial score (nSPS) is 12.8. The molecule has 1 rings (SSSR count). The Morgan fingerprint density at radius 3 is 2.45 bits per heavy atom. The van der Waals surface area contributed by atoms with Crippen molar-refractivity contribution in [2.75, 3.05) is 6.54 Å². The number of carbonyl (C=O) groups is 1. The molecule has 1 amide bonds. The molecule has 1 aromatic rings.